The lowest BCUT2D eigenvalue weighted by molar-refractivity contribution is 0.122. The van der Waals surface area contributed by atoms with E-state index < -0.39 is 0 Å². The molecule has 1 aliphatic heterocycles. The maximum absolute atomic E-state index is 13.0. The fourth-order valence-corrected chi connectivity index (χ4v) is 3.44. The maximum Gasteiger partial charge on any atom is 0.217 e. The highest BCUT2D eigenvalue weighted by atomic mass is 19.1. The summed E-state index contributed by atoms with van der Waals surface area (Å²) in [6.45, 7) is 6.05. The summed E-state index contributed by atoms with van der Waals surface area (Å²) in [7, 11) is 0. The Balaban J connectivity index is 1.41. The number of halogens is 1. The highest BCUT2D eigenvalue weighted by molar-refractivity contribution is 5.55. The first-order chi connectivity index (χ1) is 16.2. The van der Waals surface area contributed by atoms with E-state index in [1.165, 1.54) is 17.7 Å². The van der Waals surface area contributed by atoms with Crippen LogP contribution in [0.1, 0.15) is 11.1 Å². The van der Waals surface area contributed by atoms with Gasteiger partial charge in [-0.05, 0) is 36.8 Å². The molecule has 1 fully saturated rings. The van der Waals surface area contributed by atoms with Crippen LogP contribution in [-0.2, 0) is 11.3 Å². The van der Waals surface area contributed by atoms with Gasteiger partial charge in [-0.15, -0.1) is 5.11 Å². The second kappa shape index (κ2) is 11.4. The molecule has 0 spiro atoms. The van der Waals surface area contributed by atoms with E-state index in [1.54, 1.807) is 12.1 Å². The van der Waals surface area contributed by atoms with Crippen LogP contribution in [0.15, 0.2) is 70.9 Å². The molecule has 4 rings (SSSR count). The van der Waals surface area contributed by atoms with E-state index in [0.29, 0.717) is 43.8 Å². The minimum atomic E-state index is -0.299. The predicted molar refractivity (Wildman–Crippen MR) is 124 cm³/mol. The van der Waals surface area contributed by atoms with Crippen molar-refractivity contribution in [3.8, 4) is 11.6 Å². The van der Waals surface area contributed by atoms with Crippen LogP contribution >= 0.6 is 0 Å². The van der Waals surface area contributed by atoms with Crippen LogP contribution < -0.4 is 14.4 Å². The van der Waals surface area contributed by atoms with Crippen molar-refractivity contribution in [2.45, 2.75) is 13.5 Å². The standard InChI is InChI=1S/C25H27FN4O3/c1-19-3-2-4-20(15-19)18-27-29-24-16-22(30-9-11-31-12-10-30)17-25(28-24)33-14-13-32-23-7-5-21(26)6-8-23/h2-8,15-17H,9-14,18H2,1H3. The zero-order valence-electron chi connectivity index (χ0n) is 18.6. The predicted octanol–water partition coefficient (Wildman–Crippen LogP) is 5.11. The molecule has 8 heteroatoms. The maximum atomic E-state index is 13.0. The van der Waals surface area contributed by atoms with Crippen molar-refractivity contribution in [1.29, 1.82) is 0 Å². The number of morpholine rings is 1. The average Bonchev–Trinajstić information content (AvgIpc) is 2.83. The summed E-state index contributed by atoms with van der Waals surface area (Å²) in [4.78, 5) is 6.70. The van der Waals surface area contributed by atoms with E-state index in [-0.39, 0.29) is 12.4 Å². The third-order valence-electron chi connectivity index (χ3n) is 5.07. The summed E-state index contributed by atoms with van der Waals surface area (Å²) < 4.78 is 29.9. The van der Waals surface area contributed by atoms with Crippen molar-refractivity contribution >= 4 is 11.5 Å². The molecule has 0 unspecified atom stereocenters. The number of azo groups is 1. The van der Waals surface area contributed by atoms with E-state index >= 15 is 0 Å². The molecule has 0 bridgehead atoms. The smallest absolute Gasteiger partial charge is 0.217 e. The van der Waals surface area contributed by atoms with Crippen LogP contribution in [0.3, 0.4) is 0 Å². The molecule has 0 amide bonds. The average molecular weight is 451 g/mol. The number of rotatable bonds is 9. The first kappa shape index (κ1) is 22.7. The summed E-state index contributed by atoms with van der Waals surface area (Å²) >= 11 is 0. The number of nitrogens with zero attached hydrogens (tertiary/aromatic N) is 4. The molecule has 33 heavy (non-hydrogen) atoms. The van der Waals surface area contributed by atoms with Gasteiger partial charge in [0.25, 0.3) is 0 Å². The van der Waals surface area contributed by atoms with Crippen LogP contribution in [0.4, 0.5) is 15.9 Å². The van der Waals surface area contributed by atoms with Crippen molar-refractivity contribution in [2.75, 3.05) is 44.4 Å². The van der Waals surface area contributed by atoms with Gasteiger partial charge in [-0.1, -0.05) is 29.8 Å². The Bertz CT molecular complexity index is 1070. The summed E-state index contributed by atoms with van der Waals surface area (Å²) in [6.07, 6.45) is 0. The Labute approximate surface area is 192 Å². The normalized spacial score (nSPS) is 13.9. The van der Waals surface area contributed by atoms with E-state index in [0.717, 1.165) is 24.3 Å². The Morgan fingerprint density at radius 3 is 2.58 bits per heavy atom. The van der Waals surface area contributed by atoms with Gasteiger partial charge in [-0.2, -0.15) is 10.1 Å². The van der Waals surface area contributed by atoms with Crippen molar-refractivity contribution in [3.05, 3.63) is 77.6 Å². The van der Waals surface area contributed by atoms with Crippen LogP contribution in [0.25, 0.3) is 0 Å². The molecule has 0 N–H and O–H groups in total. The summed E-state index contributed by atoms with van der Waals surface area (Å²) in [5, 5.41) is 8.67. The number of aromatic nitrogens is 1. The fourth-order valence-electron chi connectivity index (χ4n) is 3.44. The zero-order valence-corrected chi connectivity index (χ0v) is 18.6. The number of benzene rings is 2. The third-order valence-corrected chi connectivity index (χ3v) is 5.07. The Hall–Kier alpha value is -3.52. The number of ether oxygens (including phenoxy) is 3. The van der Waals surface area contributed by atoms with Gasteiger partial charge in [0.05, 0.1) is 19.8 Å². The fraction of sp³-hybridized carbons (Fsp3) is 0.320. The molecule has 2 aromatic carbocycles. The first-order valence-electron chi connectivity index (χ1n) is 10.9. The van der Waals surface area contributed by atoms with Crippen LogP contribution in [0.5, 0.6) is 11.6 Å². The van der Waals surface area contributed by atoms with Crippen molar-refractivity contribution < 1.29 is 18.6 Å². The van der Waals surface area contributed by atoms with Gasteiger partial charge in [0, 0.05) is 30.9 Å². The third kappa shape index (κ3) is 6.98. The number of hydrogen-bond donors (Lipinski definition) is 0. The minimum Gasteiger partial charge on any atom is -0.490 e. The minimum absolute atomic E-state index is 0.289. The van der Waals surface area contributed by atoms with E-state index in [2.05, 4.69) is 39.2 Å². The van der Waals surface area contributed by atoms with Gasteiger partial charge >= 0.3 is 0 Å². The molecular weight excluding hydrogens is 423 g/mol. The van der Waals surface area contributed by atoms with E-state index in [9.17, 15) is 4.39 Å². The molecule has 1 aromatic heterocycles. The Morgan fingerprint density at radius 1 is 1.00 bits per heavy atom. The molecule has 0 aliphatic carbocycles. The first-order valence-corrected chi connectivity index (χ1v) is 10.9. The number of anilines is 1. The largest absolute Gasteiger partial charge is 0.490 e. The molecule has 0 saturated carbocycles. The number of aryl methyl sites for hydroxylation is 1. The molecule has 172 valence electrons. The van der Waals surface area contributed by atoms with Gasteiger partial charge in [0.2, 0.25) is 5.88 Å². The molecule has 3 aromatic rings. The molecule has 0 atom stereocenters. The van der Waals surface area contributed by atoms with Gasteiger partial charge in [-0.3, -0.25) is 0 Å². The lowest BCUT2D eigenvalue weighted by Gasteiger charge is -2.29. The molecular formula is C25H27FN4O3. The number of pyridine rings is 1. The SMILES string of the molecule is Cc1cccc(CN=Nc2cc(N3CCOCC3)cc(OCCOc3ccc(F)cc3)n2)c1. The lowest BCUT2D eigenvalue weighted by atomic mass is 10.1. The summed E-state index contributed by atoms with van der Waals surface area (Å²) in [6, 6.07) is 17.9. The highest BCUT2D eigenvalue weighted by Gasteiger charge is 2.14. The lowest BCUT2D eigenvalue weighted by Crippen LogP contribution is -2.36. The topological polar surface area (TPSA) is 68.5 Å². The monoisotopic (exact) mass is 450 g/mol. The quantitative estimate of drug-likeness (QED) is 0.335. The summed E-state index contributed by atoms with van der Waals surface area (Å²) in [5.74, 6) is 1.22. The summed E-state index contributed by atoms with van der Waals surface area (Å²) in [5.41, 5.74) is 3.25. The highest BCUT2D eigenvalue weighted by Crippen LogP contribution is 2.26. The second-order valence-electron chi connectivity index (χ2n) is 7.66. The molecule has 1 aliphatic rings. The van der Waals surface area contributed by atoms with E-state index in [1.807, 2.05) is 24.3 Å². The Morgan fingerprint density at radius 2 is 1.79 bits per heavy atom. The molecule has 7 nitrogen and oxygen atoms in total. The van der Waals surface area contributed by atoms with Crippen LogP contribution in [0.2, 0.25) is 0 Å². The van der Waals surface area contributed by atoms with E-state index in [4.69, 9.17) is 14.2 Å². The van der Waals surface area contributed by atoms with Crippen molar-refractivity contribution in [2.24, 2.45) is 10.2 Å². The zero-order chi connectivity index (χ0) is 22.9. The van der Waals surface area contributed by atoms with Gasteiger partial charge in [0.15, 0.2) is 5.82 Å². The van der Waals surface area contributed by atoms with Crippen molar-refractivity contribution in [3.63, 3.8) is 0 Å². The van der Waals surface area contributed by atoms with Gasteiger partial charge in [0.1, 0.15) is 24.8 Å². The second-order valence-corrected chi connectivity index (χ2v) is 7.66. The molecule has 1 saturated heterocycles. The number of hydrogen-bond acceptors (Lipinski definition) is 7. The van der Waals surface area contributed by atoms with Crippen LogP contribution in [-0.4, -0.2) is 44.5 Å². The van der Waals surface area contributed by atoms with Gasteiger partial charge in [-0.25, -0.2) is 4.39 Å². The van der Waals surface area contributed by atoms with Crippen molar-refractivity contribution in [1.82, 2.24) is 4.98 Å². The van der Waals surface area contributed by atoms with Crippen LogP contribution in [0, 0.1) is 12.7 Å². The van der Waals surface area contributed by atoms with Gasteiger partial charge < -0.3 is 19.1 Å². The molecule has 2 heterocycles. The Kier molecular flexibility index (Phi) is 7.81. The molecule has 0 radical (unpaired) electrons.